The van der Waals surface area contributed by atoms with E-state index in [-0.39, 0.29) is 17.9 Å². The number of rotatable bonds is 2. The summed E-state index contributed by atoms with van der Waals surface area (Å²) in [5, 5.41) is 9.08. The number of ketones is 1. The molecule has 0 saturated carbocycles. The molecule has 3 N–H and O–H groups in total. The number of halogens is 1. The number of carbonyl (C=O) groups excluding carboxylic acids is 1. The molecule has 0 aliphatic carbocycles. The summed E-state index contributed by atoms with van der Waals surface area (Å²) in [7, 11) is 0. The molecule has 64 valence electrons. The summed E-state index contributed by atoms with van der Waals surface area (Å²) in [4.78, 5) is 10.9. The second kappa shape index (κ2) is 3.32. The van der Waals surface area contributed by atoms with Crippen LogP contribution in [-0.4, -0.2) is 17.4 Å². The number of phenols is 1. The third-order valence-corrected chi connectivity index (χ3v) is 1.45. The highest BCUT2D eigenvalue weighted by molar-refractivity contribution is 5.99. The van der Waals surface area contributed by atoms with E-state index in [1.165, 1.54) is 6.07 Å². The molecule has 4 heteroatoms. The highest BCUT2D eigenvalue weighted by Gasteiger charge is 2.09. The Morgan fingerprint density at radius 3 is 2.75 bits per heavy atom. The van der Waals surface area contributed by atoms with Crippen molar-refractivity contribution in [3.63, 3.8) is 0 Å². The van der Waals surface area contributed by atoms with Gasteiger partial charge in [-0.25, -0.2) is 4.39 Å². The van der Waals surface area contributed by atoms with Crippen molar-refractivity contribution in [2.45, 2.75) is 0 Å². The third-order valence-electron chi connectivity index (χ3n) is 1.45. The van der Waals surface area contributed by atoms with Crippen LogP contribution in [0.3, 0.4) is 0 Å². The molecule has 0 aliphatic rings. The molecular formula is C8H8FNO2. The van der Waals surface area contributed by atoms with E-state index in [0.717, 1.165) is 12.1 Å². The first kappa shape index (κ1) is 8.67. The van der Waals surface area contributed by atoms with Crippen molar-refractivity contribution in [1.29, 1.82) is 0 Å². The Morgan fingerprint density at radius 1 is 1.58 bits per heavy atom. The normalized spacial score (nSPS) is 9.83. The topological polar surface area (TPSA) is 63.3 Å². The molecule has 0 radical (unpaired) electrons. The van der Waals surface area contributed by atoms with Crippen LogP contribution in [0.5, 0.6) is 5.75 Å². The molecule has 1 rings (SSSR count). The average molecular weight is 169 g/mol. The van der Waals surface area contributed by atoms with Gasteiger partial charge in [-0.1, -0.05) is 0 Å². The maximum absolute atomic E-state index is 12.4. The molecule has 0 heterocycles. The van der Waals surface area contributed by atoms with Gasteiger partial charge >= 0.3 is 0 Å². The highest BCUT2D eigenvalue weighted by Crippen LogP contribution is 2.17. The van der Waals surface area contributed by atoms with Crippen molar-refractivity contribution < 1.29 is 14.3 Å². The zero-order valence-electron chi connectivity index (χ0n) is 6.25. The number of carbonyl (C=O) groups is 1. The summed E-state index contributed by atoms with van der Waals surface area (Å²) >= 11 is 0. The van der Waals surface area contributed by atoms with E-state index in [9.17, 15) is 9.18 Å². The van der Waals surface area contributed by atoms with Gasteiger partial charge in [-0.15, -0.1) is 0 Å². The smallest absolute Gasteiger partial charge is 0.180 e. The lowest BCUT2D eigenvalue weighted by Gasteiger charge is -2.00. The van der Waals surface area contributed by atoms with E-state index < -0.39 is 11.6 Å². The molecule has 0 aliphatic heterocycles. The number of phenolic OH excluding ortho intramolecular Hbond substituents is 1. The minimum atomic E-state index is -0.582. The van der Waals surface area contributed by atoms with Gasteiger partial charge in [0.2, 0.25) is 0 Å². The Morgan fingerprint density at radius 2 is 2.25 bits per heavy atom. The largest absolute Gasteiger partial charge is 0.507 e. The van der Waals surface area contributed by atoms with Crippen molar-refractivity contribution in [3.8, 4) is 5.75 Å². The van der Waals surface area contributed by atoms with E-state index in [1.807, 2.05) is 0 Å². The van der Waals surface area contributed by atoms with E-state index in [0.29, 0.717) is 0 Å². The fourth-order valence-corrected chi connectivity index (χ4v) is 0.851. The Bertz CT molecular complexity index is 312. The fraction of sp³-hybridized carbons (Fsp3) is 0.125. The van der Waals surface area contributed by atoms with Crippen molar-refractivity contribution in [3.05, 3.63) is 29.6 Å². The molecule has 0 saturated heterocycles. The molecule has 0 aromatic heterocycles. The second-order valence-electron chi connectivity index (χ2n) is 2.29. The number of Topliss-reactive ketones (excluding diaryl/α,β-unsaturated/α-hetero) is 1. The SMILES string of the molecule is NCC(=O)c1ccc(F)cc1O. The van der Waals surface area contributed by atoms with Crippen LogP contribution in [0.4, 0.5) is 4.39 Å². The Hall–Kier alpha value is -1.42. The standard InChI is InChI=1S/C8H8FNO2/c9-5-1-2-6(7(11)3-5)8(12)4-10/h1-3,11H,4,10H2. The van der Waals surface area contributed by atoms with Crippen LogP contribution in [0, 0.1) is 5.82 Å². The summed E-state index contributed by atoms with van der Waals surface area (Å²) in [6.07, 6.45) is 0. The van der Waals surface area contributed by atoms with Gasteiger partial charge in [0, 0.05) is 6.07 Å². The van der Waals surface area contributed by atoms with Gasteiger partial charge in [-0.05, 0) is 12.1 Å². The predicted molar refractivity (Wildman–Crippen MR) is 41.4 cm³/mol. The van der Waals surface area contributed by atoms with E-state index >= 15 is 0 Å². The maximum Gasteiger partial charge on any atom is 0.180 e. The molecule has 3 nitrogen and oxygen atoms in total. The van der Waals surface area contributed by atoms with Crippen LogP contribution in [-0.2, 0) is 0 Å². The van der Waals surface area contributed by atoms with Gasteiger partial charge < -0.3 is 10.8 Å². The number of hydrogen-bond acceptors (Lipinski definition) is 3. The molecule has 0 spiro atoms. The lowest BCUT2D eigenvalue weighted by molar-refractivity contribution is 0.0999. The molecule has 0 unspecified atom stereocenters. The van der Waals surface area contributed by atoms with E-state index in [1.54, 1.807) is 0 Å². The summed E-state index contributed by atoms with van der Waals surface area (Å²) in [5.41, 5.74) is 5.11. The van der Waals surface area contributed by atoms with Crippen molar-refractivity contribution in [2.75, 3.05) is 6.54 Å². The minimum Gasteiger partial charge on any atom is -0.507 e. The quantitative estimate of drug-likeness (QED) is 0.639. The molecule has 0 atom stereocenters. The summed E-state index contributed by atoms with van der Waals surface area (Å²) < 4.78 is 12.4. The summed E-state index contributed by atoms with van der Waals surface area (Å²) in [6.45, 7) is -0.195. The average Bonchev–Trinajstić information content (AvgIpc) is 2.03. The first-order chi connectivity index (χ1) is 5.65. The molecule has 0 amide bonds. The van der Waals surface area contributed by atoms with Crippen LogP contribution < -0.4 is 5.73 Å². The van der Waals surface area contributed by atoms with Gasteiger partial charge in [-0.3, -0.25) is 4.79 Å². The van der Waals surface area contributed by atoms with Crippen LogP contribution in [0.15, 0.2) is 18.2 Å². The summed E-state index contributed by atoms with van der Waals surface area (Å²) in [6, 6.07) is 3.19. The number of hydrogen-bond donors (Lipinski definition) is 2. The molecule has 12 heavy (non-hydrogen) atoms. The lowest BCUT2D eigenvalue weighted by Crippen LogP contribution is -2.13. The Balaban J connectivity index is 3.09. The fourth-order valence-electron chi connectivity index (χ4n) is 0.851. The van der Waals surface area contributed by atoms with Gasteiger partial charge in [0.05, 0.1) is 12.1 Å². The van der Waals surface area contributed by atoms with E-state index in [2.05, 4.69) is 0 Å². The number of nitrogens with two attached hydrogens (primary N) is 1. The molecule has 0 fully saturated rings. The van der Waals surface area contributed by atoms with Crippen LogP contribution in [0.1, 0.15) is 10.4 Å². The van der Waals surface area contributed by atoms with Crippen LogP contribution >= 0.6 is 0 Å². The number of aromatic hydroxyl groups is 1. The molecule has 0 bridgehead atoms. The predicted octanol–water partition coefficient (Wildman–Crippen LogP) is 0.673. The Labute approximate surface area is 68.6 Å². The zero-order chi connectivity index (χ0) is 9.14. The molecule has 1 aromatic rings. The van der Waals surface area contributed by atoms with Crippen molar-refractivity contribution in [2.24, 2.45) is 5.73 Å². The van der Waals surface area contributed by atoms with Gasteiger partial charge in [0.15, 0.2) is 5.78 Å². The van der Waals surface area contributed by atoms with E-state index in [4.69, 9.17) is 10.8 Å². The summed E-state index contributed by atoms with van der Waals surface area (Å²) in [5.74, 6) is -1.36. The van der Waals surface area contributed by atoms with Crippen molar-refractivity contribution in [1.82, 2.24) is 0 Å². The highest BCUT2D eigenvalue weighted by atomic mass is 19.1. The number of benzene rings is 1. The lowest BCUT2D eigenvalue weighted by atomic mass is 10.1. The van der Waals surface area contributed by atoms with Crippen molar-refractivity contribution >= 4 is 5.78 Å². The monoisotopic (exact) mass is 169 g/mol. The maximum atomic E-state index is 12.4. The first-order valence-electron chi connectivity index (χ1n) is 3.37. The van der Waals surface area contributed by atoms with Crippen LogP contribution in [0.25, 0.3) is 0 Å². The molecular weight excluding hydrogens is 161 g/mol. The van der Waals surface area contributed by atoms with Gasteiger partial charge in [-0.2, -0.15) is 0 Å². The van der Waals surface area contributed by atoms with Gasteiger partial charge in [0.25, 0.3) is 0 Å². The molecule has 1 aromatic carbocycles. The van der Waals surface area contributed by atoms with Crippen LogP contribution in [0.2, 0.25) is 0 Å². The zero-order valence-corrected chi connectivity index (χ0v) is 6.25. The minimum absolute atomic E-state index is 0.0545. The Kier molecular flexibility index (Phi) is 2.40. The third kappa shape index (κ3) is 1.60. The van der Waals surface area contributed by atoms with Gasteiger partial charge in [0.1, 0.15) is 11.6 Å². The first-order valence-corrected chi connectivity index (χ1v) is 3.37. The second-order valence-corrected chi connectivity index (χ2v) is 2.29.